The van der Waals surface area contributed by atoms with Crippen molar-refractivity contribution in [3.63, 3.8) is 0 Å². The average molecular weight is 425 g/mol. The minimum atomic E-state index is -3.70. The standard InChI is InChI=1S/C20H25ClN2O4S/c1-14-5-9-18(10-6-14)27-12-11-22-20(24)16(3)23(28(4,25)26)19-13-17(21)8-7-15(19)2/h5-10,13,16H,11-12H2,1-4H3,(H,22,24)/t16-/m1/s1. The summed E-state index contributed by atoms with van der Waals surface area (Å²) in [6.07, 6.45) is 1.07. The number of carbonyl (C=O) groups excluding carboxylic acids is 1. The fourth-order valence-electron chi connectivity index (χ4n) is 2.73. The lowest BCUT2D eigenvalue weighted by molar-refractivity contribution is -0.121. The zero-order valence-corrected chi connectivity index (χ0v) is 18.0. The number of nitrogens with zero attached hydrogens (tertiary/aromatic N) is 1. The van der Waals surface area contributed by atoms with Crippen LogP contribution in [0.15, 0.2) is 42.5 Å². The van der Waals surface area contributed by atoms with Gasteiger partial charge in [-0.2, -0.15) is 0 Å². The van der Waals surface area contributed by atoms with Crippen molar-refractivity contribution in [3.05, 3.63) is 58.6 Å². The maximum atomic E-state index is 12.6. The van der Waals surface area contributed by atoms with E-state index >= 15 is 0 Å². The van der Waals surface area contributed by atoms with Gasteiger partial charge in [-0.3, -0.25) is 9.10 Å². The van der Waals surface area contributed by atoms with Crippen molar-refractivity contribution >= 4 is 33.2 Å². The number of anilines is 1. The molecule has 2 rings (SSSR count). The molecule has 0 aliphatic carbocycles. The second-order valence-electron chi connectivity index (χ2n) is 6.62. The van der Waals surface area contributed by atoms with E-state index in [0.717, 1.165) is 16.1 Å². The van der Waals surface area contributed by atoms with Crippen molar-refractivity contribution in [2.24, 2.45) is 0 Å². The lowest BCUT2D eigenvalue weighted by Gasteiger charge is -2.29. The van der Waals surface area contributed by atoms with E-state index in [-0.39, 0.29) is 13.2 Å². The zero-order chi connectivity index (χ0) is 20.9. The quantitative estimate of drug-likeness (QED) is 0.659. The molecule has 1 amide bonds. The first-order valence-corrected chi connectivity index (χ1v) is 11.0. The first-order chi connectivity index (χ1) is 13.1. The predicted molar refractivity (Wildman–Crippen MR) is 113 cm³/mol. The molecule has 8 heteroatoms. The van der Waals surface area contributed by atoms with Gasteiger partial charge in [-0.25, -0.2) is 8.42 Å². The van der Waals surface area contributed by atoms with Crippen molar-refractivity contribution < 1.29 is 17.9 Å². The SMILES string of the molecule is Cc1ccc(OCCNC(=O)[C@@H](C)N(c2cc(Cl)ccc2C)S(C)(=O)=O)cc1. The molecule has 6 nitrogen and oxygen atoms in total. The van der Waals surface area contributed by atoms with Gasteiger partial charge in [-0.1, -0.05) is 35.4 Å². The molecule has 1 atom stereocenters. The average Bonchev–Trinajstić information content (AvgIpc) is 2.62. The van der Waals surface area contributed by atoms with Crippen molar-refractivity contribution in [3.8, 4) is 5.75 Å². The van der Waals surface area contributed by atoms with Crippen LogP contribution in [-0.4, -0.2) is 39.8 Å². The molecule has 0 saturated carbocycles. The van der Waals surface area contributed by atoms with Gasteiger partial charge in [-0.15, -0.1) is 0 Å². The Hall–Kier alpha value is -2.25. The highest BCUT2D eigenvalue weighted by atomic mass is 35.5. The van der Waals surface area contributed by atoms with Crippen molar-refractivity contribution in [1.29, 1.82) is 0 Å². The Kier molecular flexibility index (Phi) is 7.32. The van der Waals surface area contributed by atoms with Crippen LogP contribution < -0.4 is 14.4 Å². The minimum absolute atomic E-state index is 0.253. The van der Waals surface area contributed by atoms with Crippen molar-refractivity contribution in [1.82, 2.24) is 5.32 Å². The molecule has 0 aromatic heterocycles. The number of aryl methyl sites for hydroxylation is 2. The number of nitrogens with one attached hydrogen (secondary N) is 1. The van der Waals surface area contributed by atoms with Crippen LogP contribution in [0.1, 0.15) is 18.1 Å². The molecule has 0 bridgehead atoms. The summed E-state index contributed by atoms with van der Waals surface area (Å²) in [6, 6.07) is 11.6. The Morgan fingerprint density at radius 1 is 1.18 bits per heavy atom. The van der Waals surface area contributed by atoms with Gasteiger partial charge in [0.05, 0.1) is 18.5 Å². The summed E-state index contributed by atoms with van der Waals surface area (Å²) < 4.78 is 31.4. The number of rotatable bonds is 8. The molecule has 0 unspecified atom stereocenters. The van der Waals surface area contributed by atoms with Crippen LogP contribution in [0, 0.1) is 13.8 Å². The summed E-state index contributed by atoms with van der Waals surface area (Å²) in [6.45, 7) is 5.82. The first-order valence-electron chi connectivity index (χ1n) is 8.82. The maximum absolute atomic E-state index is 12.6. The van der Waals surface area contributed by atoms with E-state index in [4.69, 9.17) is 16.3 Å². The first kappa shape index (κ1) is 22.0. The Bertz CT molecular complexity index is 930. The molecule has 0 spiro atoms. The molecule has 0 radical (unpaired) electrons. The topological polar surface area (TPSA) is 75.7 Å². The van der Waals surface area contributed by atoms with Crippen LogP contribution in [0.25, 0.3) is 0 Å². The molecular formula is C20H25ClN2O4S. The molecule has 2 aromatic carbocycles. The molecule has 1 N–H and O–H groups in total. The van der Waals surface area contributed by atoms with Crippen LogP contribution in [0.2, 0.25) is 5.02 Å². The second-order valence-corrected chi connectivity index (χ2v) is 8.91. The number of amides is 1. The fraction of sp³-hybridized carbons (Fsp3) is 0.350. The molecule has 0 fully saturated rings. The summed E-state index contributed by atoms with van der Waals surface area (Å²) in [5, 5.41) is 3.11. The number of halogens is 1. The monoisotopic (exact) mass is 424 g/mol. The molecule has 28 heavy (non-hydrogen) atoms. The normalized spacial score (nSPS) is 12.3. The van der Waals surface area contributed by atoms with Crippen LogP contribution in [0.5, 0.6) is 5.75 Å². The van der Waals surface area contributed by atoms with Gasteiger partial charge in [0.2, 0.25) is 15.9 Å². The number of hydrogen-bond acceptors (Lipinski definition) is 4. The molecule has 0 aliphatic rings. The zero-order valence-electron chi connectivity index (χ0n) is 16.4. The summed E-state index contributed by atoms with van der Waals surface area (Å²) in [5.74, 6) is 0.289. The minimum Gasteiger partial charge on any atom is -0.492 e. The fourth-order valence-corrected chi connectivity index (χ4v) is 4.12. The van der Waals surface area contributed by atoms with E-state index in [9.17, 15) is 13.2 Å². The molecule has 0 aliphatic heterocycles. The van der Waals surface area contributed by atoms with Crippen LogP contribution in [0.4, 0.5) is 5.69 Å². The highest BCUT2D eigenvalue weighted by Gasteiger charge is 2.30. The summed E-state index contributed by atoms with van der Waals surface area (Å²) in [5.41, 5.74) is 2.22. The summed E-state index contributed by atoms with van der Waals surface area (Å²) >= 11 is 6.03. The van der Waals surface area contributed by atoms with E-state index < -0.39 is 22.0 Å². The third-order valence-electron chi connectivity index (χ3n) is 4.19. The number of sulfonamides is 1. The van der Waals surface area contributed by atoms with Crippen LogP contribution >= 0.6 is 11.6 Å². The van der Waals surface area contributed by atoms with Crippen LogP contribution in [-0.2, 0) is 14.8 Å². The molecular weight excluding hydrogens is 400 g/mol. The molecule has 2 aromatic rings. The Morgan fingerprint density at radius 2 is 1.82 bits per heavy atom. The summed E-state index contributed by atoms with van der Waals surface area (Å²) in [4.78, 5) is 12.6. The maximum Gasteiger partial charge on any atom is 0.243 e. The second kappa shape index (κ2) is 9.30. The highest BCUT2D eigenvalue weighted by molar-refractivity contribution is 7.92. The molecule has 0 heterocycles. The predicted octanol–water partition coefficient (Wildman–Crippen LogP) is 3.31. The van der Waals surface area contributed by atoms with Gasteiger partial charge >= 0.3 is 0 Å². The largest absolute Gasteiger partial charge is 0.492 e. The number of ether oxygens (including phenoxy) is 1. The number of carbonyl (C=O) groups is 1. The Labute approximate surface area is 171 Å². The van der Waals surface area contributed by atoms with Gasteiger partial charge in [0.1, 0.15) is 18.4 Å². The van der Waals surface area contributed by atoms with Gasteiger partial charge in [0, 0.05) is 5.02 Å². The molecule has 0 saturated heterocycles. The number of benzene rings is 2. The highest BCUT2D eigenvalue weighted by Crippen LogP contribution is 2.28. The Balaban J connectivity index is 2.03. The van der Waals surface area contributed by atoms with Crippen LogP contribution in [0.3, 0.4) is 0 Å². The van der Waals surface area contributed by atoms with Crippen molar-refractivity contribution in [2.75, 3.05) is 23.7 Å². The Morgan fingerprint density at radius 3 is 2.43 bits per heavy atom. The van der Waals surface area contributed by atoms with E-state index in [1.54, 1.807) is 25.1 Å². The third-order valence-corrected chi connectivity index (χ3v) is 5.65. The van der Waals surface area contributed by atoms with E-state index in [0.29, 0.717) is 22.0 Å². The van der Waals surface area contributed by atoms with Gasteiger partial charge in [0.25, 0.3) is 0 Å². The van der Waals surface area contributed by atoms with Gasteiger partial charge in [0.15, 0.2) is 0 Å². The third kappa shape index (κ3) is 5.87. The smallest absolute Gasteiger partial charge is 0.243 e. The lowest BCUT2D eigenvalue weighted by atomic mass is 10.2. The summed E-state index contributed by atoms with van der Waals surface area (Å²) in [7, 11) is -3.70. The van der Waals surface area contributed by atoms with E-state index in [2.05, 4.69) is 5.32 Å². The lowest BCUT2D eigenvalue weighted by Crippen LogP contribution is -2.48. The number of hydrogen-bond donors (Lipinski definition) is 1. The molecule has 152 valence electrons. The van der Waals surface area contributed by atoms with Gasteiger partial charge in [-0.05, 0) is 50.6 Å². The van der Waals surface area contributed by atoms with Crippen molar-refractivity contribution in [2.45, 2.75) is 26.8 Å². The van der Waals surface area contributed by atoms with E-state index in [1.165, 1.54) is 6.92 Å². The van der Waals surface area contributed by atoms with E-state index in [1.807, 2.05) is 31.2 Å². The van der Waals surface area contributed by atoms with Gasteiger partial charge < -0.3 is 10.1 Å².